The summed E-state index contributed by atoms with van der Waals surface area (Å²) in [6.45, 7) is 0.336. The molecular formula is C20H24O4. The molecule has 0 fully saturated rings. The van der Waals surface area contributed by atoms with E-state index in [1.807, 2.05) is 42.5 Å². The van der Waals surface area contributed by atoms with E-state index in [4.69, 9.17) is 14.6 Å². The zero-order valence-corrected chi connectivity index (χ0v) is 13.7. The van der Waals surface area contributed by atoms with Crippen molar-refractivity contribution in [3.05, 3.63) is 54.1 Å². The van der Waals surface area contributed by atoms with Gasteiger partial charge in [-0.2, -0.15) is 0 Å². The van der Waals surface area contributed by atoms with Gasteiger partial charge in [0.1, 0.15) is 12.2 Å². The first kappa shape index (κ1) is 18.4. The van der Waals surface area contributed by atoms with Crippen LogP contribution in [0.25, 0.3) is 6.08 Å². The van der Waals surface area contributed by atoms with Crippen molar-refractivity contribution in [1.82, 2.24) is 0 Å². The Bertz CT molecular complexity index is 583. The van der Waals surface area contributed by atoms with Crippen LogP contribution in [0.1, 0.15) is 24.8 Å². The Balaban J connectivity index is 1.55. The van der Waals surface area contributed by atoms with E-state index in [1.165, 1.54) is 0 Å². The van der Waals surface area contributed by atoms with Crippen molar-refractivity contribution in [2.45, 2.75) is 37.8 Å². The summed E-state index contributed by atoms with van der Waals surface area (Å²) in [4.78, 5) is 0. The molecule has 1 aliphatic rings. The van der Waals surface area contributed by atoms with Gasteiger partial charge in [-0.15, -0.1) is 0 Å². The lowest BCUT2D eigenvalue weighted by Gasteiger charge is -2.28. The second-order valence-corrected chi connectivity index (χ2v) is 5.49. The van der Waals surface area contributed by atoms with Crippen molar-refractivity contribution >= 4 is 6.08 Å². The molecule has 0 saturated heterocycles. The molecule has 1 aromatic carbocycles. The van der Waals surface area contributed by atoms with Gasteiger partial charge in [-0.1, -0.05) is 48.2 Å². The Hall–Kier alpha value is -1.90. The fourth-order valence-corrected chi connectivity index (χ4v) is 2.22. The number of ether oxygens (including phenoxy) is 2. The minimum Gasteiger partial charge on any atom is -0.394 e. The normalized spacial score (nSPS) is 23.2. The number of benzene rings is 1. The summed E-state index contributed by atoms with van der Waals surface area (Å²) in [7, 11) is 0. The summed E-state index contributed by atoms with van der Waals surface area (Å²) >= 11 is 0. The van der Waals surface area contributed by atoms with Crippen molar-refractivity contribution in [3.63, 3.8) is 0 Å². The highest BCUT2D eigenvalue weighted by molar-refractivity contribution is 5.52. The van der Waals surface area contributed by atoms with E-state index in [2.05, 4.69) is 11.8 Å². The van der Waals surface area contributed by atoms with E-state index in [0.717, 1.165) is 24.8 Å². The van der Waals surface area contributed by atoms with Crippen LogP contribution in [-0.4, -0.2) is 41.9 Å². The molecule has 1 heterocycles. The first-order valence-electron chi connectivity index (χ1n) is 8.24. The lowest BCUT2D eigenvalue weighted by atomic mass is 10.1. The Morgan fingerprint density at radius 2 is 2.00 bits per heavy atom. The molecule has 0 bridgehead atoms. The minimum atomic E-state index is -0.769. The van der Waals surface area contributed by atoms with Crippen LogP contribution in [0.4, 0.5) is 0 Å². The molecule has 0 spiro atoms. The van der Waals surface area contributed by atoms with Crippen molar-refractivity contribution < 1.29 is 19.7 Å². The van der Waals surface area contributed by atoms with Crippen molar-refractivity contribution in [2.24, 2.45) is 0 Å². The van der Waals surface area contributed by atoms with Gasteiger partial charge in [0.25, 0.3) is 0 Å². The second-order valence-electron chi connectivity index (χ2n) is 5.49. The SMILES string of the molecule is OC[C@H]1O[C@H](OCCCCC#C/C=C\c2ccccc2)C=C[C@@H]1O. The topological polar surface area (TPSA) is 58.9 Å². The molecule has 4 nitrogen and oxygen atoms in total. The molecule has 2 N–H and O–H groups in total. The van der Waals surface area contributed by atoms with Gasteiger partial charge >= 0.3 is 0 Å². The molecule has 128 valence electrons. The Morgan fingerprint density at radius 3 is 2.79 bits per heavy atom. The van der Waals surface area contributed by atoms with Crippen LogP contribution in [0.15, 0.2) is 48.6 Å². The average molecular weight is 328 g/mol. The van der Waals surface area contributed by atoms with Gasteiger partial charge in [-0.25, -0.2) is 0 Å². The zero-order valence-electron chi connectivity index (χ0n) is 13.7. The monoisotopic (exact) mass is 328 g/mol. The molecule has 0 radical (unpaired) electrons. The minimum absolute atomic E-state index is 0.225. The molecule has 1 aliphatic heterocycles. The predicted molar refractivity (Wildman–Crippen MR) is 93.9 cm³/mol. The molecular weight excluding hydrogens is 304 g/mol. The quantitative estimate of drug-likeness (QED) is 0.459. The Morgan fingerprint density at radius 1 is 1.17 bits per heavy atom. The number of hydrogen-bond donors (Lipinski definition) is 2. The standard InChI is InChI=1S/C20H24O4/c21-16-19-18(22)13-14-20(24-19)23-15-9-4-2-1-3-6-10-17-11-7-5-8-12-17/h5-8,10-14,18-22H,2,4,9,15-16H2/b10-6-/t18-,19+,20-/m0/s1. The van der Waals surface area contributed by atoms with E-state index in [-0.39, 0.29) is 6.61 Å². The predicted octanol–water partition coefficient (Wildman–Crippen LogP) is 2.52. The number of aliphatic hydroxyl groups excluding tert-OH is 2. The van der Waals surface area contributed by atoms with Gasteiger partial charge < -0.3 is 19.7 Å². The first-order chi connectivity index (χ1) is 11.8. The highest BCUT2D eigenvalue weighted by atomic mass is 16.7. The fraction of sp³-hybridized carbons (Fsp3) is 0.400. The maximum atomic E-state index is 9.52. The molecule has 3 atom stereocenters. The first-order valence-corrected chi connectivity index (χ1v) is 8.24. The van der Waals surface area contributed by atoms with Crippen LogP contribution < -0.4 is 0 Å². The lowest BCUT2D eigenvalue weighted by Crippen LogP contribution is -2.38. The van der Waals surface area contributed by atoms with Gasteiger partial charge in [0.15, 0.2) is 6.29 Å². The molecule has 0 aliphatic carbocycles. The van der Waals surface area contributed by atoms with Gasteiger partial charge in [-0.3, -0.25) is 0 Å². The van der Waals surface area contributed by atoms with E-state index >= 15 is 0 Å². The van der Waals surface area contributed by atoms with E-state index in [1.54, 1.807) is 12.2 Å². The number of allylic oxidation sites excluding steroid dienone is 1. The smallest absolute Gasteiger partial charge is 0.177 e. The zero-order chi connectivity index (χ0) is 17.0. The van der Waals surface area contributed by atoms with Gasteiger partial charge in [0, 0.05) is 6.42 Å². The largest absolute Gasteiger partial charge is 0.394 e. The molecule has 0 unspecified atom stereocenters. The highest BCUT2D eigenvalue weighted by Gasteiger charge is 2.24. The summed E-state index contributed by atoms with van der Waals surface area (Å²) in [5.41, 5.74) is 1.15. The third-order valence-electron chi connectivity index (χ3n) is 3.57. The van der Waals surface area contributed by atoms with E-state index in [9.17, 15) is 5.11 Å². The number of hydrogen-bond acceptors (Lipinski definition) is 4. The van der Waals surface area contributed by atoms with Crippen molar-refractivity contribution in [3.8, 4) is 11.8 Å². The van der Waals surface area contributed by atoms with Crippen LogP contribution in [0.2, 0.25) is 0 Å². The van der Waals surface area contributed by atoms with Crippen LogP contribution in [-0.2, 0) is 9.47 Å². The van der Waals surface area contributed by atoms with Gasteiger partial charge in [-0.05, 0) is 36.6 Å². The highest BCUT2D eigenvalue weighted by Crippen LogP contribution is 2.14. The second kappa shape index (κ2) is 10.8. The van der Waals surface area contributed by atoms with E-state index in [0.29, 0.717) is 6.61 Å². The van der Waals surface area contributed by atoms with E-state index < -0.39 is 18.5 Å². The van der Waals surface area contributed by atoms with Crippen LogP contribution in [0.5, 0.6) is 0 Å². The molecule has 24 heavy (non-hydrogen) atoms. The molecule has 0 amide bonds. The fourth-order valence-electron chi connectivity index (χ4n) is 2.22. The molecule has 0 aromatic heterocycles. The van der Waals surface area contributed by atoms with Gasteiger partial charge in [0.2, 0.25) is 0 Å². The molecule has 1 aromatic rings. The summed E-state index contributed by atoms with van der Waals surface area (Å²) in [6, 6.07) is 10.1. The van der Waals surface area contributed by atoms with Crippen molar-refractivity contribution in [1.29, 1.82) is 0 Å². The van der Waals surface area contributed by atoms with Crippen LogP contribution >= 0.6 is 0 Å². The summed E-state index contributed by atoms with van der Waals surface area (Å²) in [5.74, 6) is 6.14. The molecule has 2 rings (SSSR count). The number of unbranched alkanes of at least 4 members (excludes halogenated alkanes) is 2. The third-order valence-corrected chi connectivity index (χ3v) is 3.57. The van der Waals surface area contributed by atoms with Crippen molar-refractivity contribution in [2.75, 3.05) is 13.2 Å². The van der Waals surface area contributed by atoms with Crippen LogP contribution in [0, 0.1) is 11.8 Å². The summed E-state index contributed by atoms with van der Waals surface area (Å²) in [6.07, 6.45) is 7.92. The number of rotatable bonds is 7. The number of aliphatic hydroxyl groups is 2. The molecule has 0 saturated carbocycles. The Kier molecular flexibility index (Phi) is 8.29. The summed E-state index contributed by atoms with van der Waals surface area (Å²) in [5, 5.41) is 18.6. The third kappa shape index (κ3) is 6.69. The Labute approximate surface area is 143 Å². The average Bonchev–Trinajstić information content (AvgIpc) is 2.62. The van der Waals surface area contributed by atoms with Gasteiger partial charge in [0.05, 0.1) is 13.2 Å². The van der Waals surface area contributed by atoms with Crippen LogP contribution in [0.3, 0.4) is 0 Å². The maximum absolute atomic E-state index is 9.52. The maximum Gasteiger partial charge on any atom is 0.177 e. The lowest BCUT2D eigenvalue weighted by molar-refractivity contribution is -0.180. The molecule has 4 heteroatoms. The summed E-state index contributed by atoms with van der Waals surface area (Å²) < 4.78 is 11.0.